The predicted molar refractivity (Wildman–Crippen MR) is 96.8 cm³/mol. The van der Waals surface area contributed by atoms with Gasteiger partial charge in [0.2, 0.25) is 0 Å². The summed E-state index contributed by atoms with van der Waals surface area (Å²) in [6.45, 7) is 1.90. The van der Waals surface area contributed by atoms with Crippen LogP contribution in [0.25, 0.3) is 0 Å². The van der Waals surface area contributed by atoms with Gasteiger partial charge in [0.15, 0.2) is 0 Å². The molecule has 2 rings (SSSR count). The molecule has 1 heterocycles. The molecular formula is C18H24N4O2. The summed E-state index contributed by atoms with van der Waals surface area (Å²) in [5.41, 5.74) is 1.95. The van der Waals surface area contributed by atoms with Gasteiger partial charge in [-0.15, -0.1) is 0 Å². The van der Waals surface area contributed by atoms with E-state index >= 15 is 0 Å². The van der Waals surface area contributed by atoms with E-state index in [4.69, 9.17) is 4.74 Å². The number of carbonyl (C=O) groups is 1. The number of carbonyl (C=O) groups excluding carboxylic acids is 1. The minimum atomic E-state index is -0.248. The number of hydrogen-bond donors (Lipinski definition) is 2. The summed E-state index contributed by atoms with van der Waals surface area (Å²) in [6.07, 6.45) is 2.72. The molecule has 128 valence electrons. The summed E-state index contributed by atoms with van der Waals surface area (Å²) in [6, 6.07) is 10.8. The second-order valence-corrected chi connectivity index (χ2v) is 5.70. The van der Waals surface area contributed by atoms with Crippen molar-refractivity contribution in [2.24, 2.45) is 0 Å². The van der Waals surface area contributed by atoms with Gasteiger partial charge < -0.3 is 20.3 Å². The molecule has 1 amide bonds. The average molecular weight is 328 g/mol. The molecule has 0 unspecified atom stereocenters. The van der Waals surface area contributed by atoms with Gasteiger partial charge in [-0.2, -0.15) is 0 Å². The van der Waals surface area contributed by atoms with E-state index in [1.54, 1.807) is 31.5 Å². The monoisotopic (exact) mass is 328 g/mol. The Labute approximate surface area is 142 Å². The second kappa shape index (κ2) is 8.88. The molecule has 0 saturated heterocycles. The lowest BCUT2D eigenvalue weighted by Crippen LogP contribution is -2.16. The Kier molecular flexibility index (Phi) is 6.57. The van der Waals surface area contributed by atoms with Crippen LogP contribution in [0, 0.1) is 0 Å². The molecule has 0 saturated carbocycles. The molecular weight excluding hydrogens is 304 g/mol. The Morgan fingerprint density at radius 3 is 2.71 bits per heavy atom. The van der Waals surface area contributed by atoms with Gasteiger partial charge >= 0.3 is 0 Å². The summed E-state index contributed by atoms with van der Waals surface area (Å²) in [5.74, 6) is 0.445. The van der Waals surface area contributed by atoms with E-state index in [1.165, 1.54) is 0 Å². The lowest BCUT2D eigenvalue weighted by molar-refractivity contribution is 0.102. The summed E-state index contributed by atoms with van der Waals surface area (Å²) >= 11 is 0. The number of benzene rings is 1. The van der Waals surface area contributed by atoms with Crippen LogP contribution in [-0.2, 0) is 0 Å². The molecule has 0 radical (unpaired) electrons. The Bertz CT molecular complexity index is 656. The molecule has 2 N–H and O–H groups in total. The van der Waals surface area contributed by atoms with Gasteiger partial charge in [-0.3, -0.25) is 4.79 Å². The van der Waals surface area contributed by atoms with Crippen molar-refractivity contribution in [3.63, 3.8) is 0 Å². The van der Waals surface area contributed by atoms with Crippen molar-refractivity contribution in [1.82, 2.24) is 9.88 Å². The Balaban J connectivity index is 1.88. The van der Waals surface area contributed by atoms with E-state index in [-0.39, 0.29) is 5.91 Å². The molecule has 0 fully saturated rings. The highest BCUT2D eigenvalue weighted by atomic mass is 16.5. The van der Waals surface area contributed by atoms with Crippen molar-refractivity contribution in [3.8, 4) is 5.75 Å². The molecule has 6 nitrogen and oxygen atoms in total. The maximum Gasteiger partial charge on any atom is 0.274 e. The quantitative estimate of drug-likeness (QED) is 0.729. The largest absolute Gasteiger partial charge is 0.497 e. The van der Waals surface area contributed by atoms with E-state index in [1.807, 2.05) is 18.2 Å². The first-order chi connectivity index (χ1) is 11.6. The van der Waals surface area contributed by atoms with Crippen LogP contribution in [0.5, 0.6) is 5.75 Å². The van der Waals surface area contributed by atoms with Gasteiger partial charge in [-0.05, 0) is 51.3 Å². The number of nitrogens with zero attached hydrogens (tertiary/aromatic N) is 2. The second-order valence-electron chi connectivity index (χ2n) is 5.70. The number of anilines is 2. The van der Waals surface area contributed by atoms with Crippen molar-refractivity contribution in [1.29, 1.82) is 0 Å². The molecule has 0 atom stereocenters. The van der Waals surface area contributed by atoms with Crippen LogP contribution in [-0.4, -0.2) is 50.1 Å². The lowest BCUT2D eigenvalue weighted by Gasteiger charge is -2.11. The van der Waals surface area contributed by atoms with Gasteiger partial charge in [0.1, 0.15) is 11.4 Å². The normalized spacial score (nSPS) is 10.5. The van der Waals surface area contributed by atoms with E-state index in [0.717, 1.165) is 25.2 Å². The number of amides is 1. The zero-order valence-corrected chi connectivity index (χ0v) is 14.4. The highest BCUT2D eigenvalue weighted by Crippen LogP contribution is 2.17. The maximum atomic E-state index is 12.2. The van der Waals surface area contributed by atoms with Crippen molar-refractivity contribution >= 4 is 17.3 Å². The topological polar surface area (TPSA) is 66.5 Å². The summed E-state index contributed by atoms with van der Waals surface area (Å²) in [7, 11) is 5.70. The van der Waals surface area contributed by atoms with Crippen LogP contribution < -0.4 is 15.4 Å². The van der Waals surface area contributed by atoms with Crippen molar-refractivity contribution in [2.45, 2.75) is 6.42 Å². The summed E-state index contributed by atoms with van der Waals surface area (Å²) in [4.78, 5) is 18.6. The summed E-state index contributed by atoms with van der Waals surface area (Å²) < 4.78 is 5.14. The third-order valence-corrected chi connectivity index (χ3v) is 3.43. The third-order valence-electron chi connectivity index (χ3n) is 3.43. The Morgan fingerprint density at radius 2 is 2.04 bits per heavy atom. The zero-order chi connectivity index (χ0) is 17.4. The number of pyridine rings is 1. The standard InChI is InChI=1S/C18H24N4O2/c1-22(2)11-5-10-19-15-8-9-17(20-13-15)18(23)21-14-6-4-7-16(12-14)24-3/h4,6-9,12-13,19H,5,10-11H2,1-3H3,(H,21,23). The molecule has 0 bridgehead atoms. The molecule has 24 heavy (non-hydrogen) atoms. The molecule has 2 aromatic rings. The Hall–Kier alpha value is -2.60. The number of ether oxygens (including phenoxy) is 1. The molecule has 1 aromatic carbocycles. The molecule has 0 aliphatic heterocycles. The van der Waals surface area contributed by atoms with Gasteiger partial charge in [0.05, 0.1) is 19.0 Å². The number of hydrogen-bond acceptors (Lipinski definition) is 5. The molecule has 6 heteroatoms. The van der Waals surface area contributed by atoms with Crippen LogP contribution >= 0.6 is 0 Å². The third kappa shape index (κ3) is 5.55. The first-order valence-electron chi connectivity index (χ1n) is 7.88. The zero-order valence-electron chi connectivity index (χ0n) is 14.4. The van der Waals surface area contributed by atoms with Crippen LogP contribution in [0.15, 0.2) is 42.6 Å². The smallest absolute Gasteiger partial charge is 0.274 e. The van der Waals surface area contributed by atoms with E-state index in [9.17, 15) is 4.79 Å². The van der Waals surface area contributed by atoms with Crippen LogP contribution in [0.2, 0.25) is 0 Å². The fourth-order valence-electron chi connectivity index (χ4n) is 2.16. The first-order valence-corrected chi connectivity index (χ1v) is 7.88. The van der Waals surface area contributed by atoms with Crippen molar-refractivity contribution in [2.75, 3.05) is 44.9 Å². The molecule has 0 spiro atoms. The molecule has 0 aliphatic rings. The van der Waals surface area contributed by atoms with Gasteiger partial charge in [-0.1, -0.05) is 6.07 Å². The van der Waals surface area contributed by atoms with Gasteiger partial charge in [0, 0.05) is 18.3 Å². The van der Waals surface area contributed by atoms with Gasteiger partial charge in [-0.25, -0.2) is 4.98 Å². The van der Waals surface area contributed by atoms with Crippen molar-refractivity contribution in [3.05, 3.63) is 48.3 Å². The van der Waals surface area contributed by atoms with E-state index in [2.05, 4.69) is 34.6 Å². The minimum absolute atomic E-state index is 0.248. The molecule has 1 aromatic heterocycles. The molecule has 0 aliphatic carbocycles. The maximum absolute atomic E-state index is 12.2. The average Bonchev–Trinajstić information content (AvgIpc) is 2.59. The minimum Gasteiger partial charge on any atom is -0.497 e. The van der Waals surface area contributed by atoms with Crippen LogP contribution in [0.1, 0.15) is 16.9 Å². The van der Waals surface area contributed by atoms with Crippen LogP contribution in [0.4, 0.5) is 11.4 Å². The lowest BCUT2D eigenvalue weighted by atomic mass is 10.2. The number of nitrogens with one attached hydrogen (secondary N) is 2. The van der Waals surface area contributed by atoms with Crippen LogP contribution in [0.3, 0.4) is 0 Å². The fraction of sp³-hybridized carbons (Fsp3) is 0.333. The SMILES string of the molecule is COc1cccc(NC(=O)c2ccc(NCCCN(C)C)cn2)c1. The highest BCUT2D eigenvalue weighted by molar-refractivity contribution is 6.03. The van der Waals surface area contributed by atoms with Crippen molar-refractivity contribution < 1.29 is 9.53 Å². The van der Waals surface area contributed by atoms with E-state index in [0.29, 0.717) is 17.1 Å². The Morgan fingerprint density at radius 1 is 1.21 bits per heavy atom. The van der Waals surface area contributed by atoms with Gasteiger partial charge in [0.25, 0.3) is 5.91 Å². The number of rotatable bonds is 8. The van der Waals surface area contributed by atoms with E-state index < -0.39 is 0 Å². The summed E-state index contributed by atoms with van der Waals surface area (Å²) in [5, 5.41) is 6.10. The predicted octanol–water partition coefficient (Wildman–Crippen LogP) is 2.71. The fourth-order valence-corrected chi connectivity index (χ4v) is 2.16. The number of methoxy groups -OCH3 is 1. The highest BCUT2D eigenvalue weighted by Gasteiger charge is 2.08. The first kappa shape index (κ1) is 17.7. The number of aromatic nitrogens is 1.